The zero-order valence-electron chi connectivity index (χ0n) is 16.6. The smallest absolute Gasteiger partial charge is 0.0529 e. The lowest BCUT2D eigenvalue weighted by Crippen LogP contribution is -2.27. The maximum Gasteiger partial charge on any atom is 0.0529 e. The van der Waals surface area contributed by atoms with E-state index in [9.17, 15) is 0 Å². The molecular weight excluding hydrogens is 316 g/mol. The van der Waals surface area contributed by atoms with Crippen LogP contribution in [0.5, 0.6) is 0 Å². The fourth-order valence-electron chi connectivity index (χ4n) is 4.04. The number of allylic oxidation sites excluding steroid dienone is 1. The van der Waals surface area contributed by atoms with Crippen LogP contribution < -0.4 is 0 Å². The van der Waals surface area contributed by atoms with Crippen LogP contribution in [0.4, 0.5) is 0 Å². The predicted molar refractivity (Wildman–Crippen MR) is 112 cm³/mol. The third kappa shape index (κ3) is 2.89. The van der Waals surface area contributed by atoms with Gasteiger partial charge in [-0.15, -0.1) is 0 Å². The van der Waals surface area contributed by atoms with Crippen LogP contribution in [0.15, 0.2) is 36.4 Å². The largest absolute Gasteiger partial charge is 0.318 e. The van der Waals surface area contributed by atoms with Gasteiger partial charge in [0.25, 0.3) is 0 Å². The molecule has 4 rings (SSSR count). The van der Waals surface area contributed by atoms with Crippen molar-refractivity contribution in [2.24, 2.45) is 0 Å². The predicted octanol–water partition coefficient (Wildman–Crippen LogP) is 5.57. The molecule has 2 heteroatoms. The van der Waals surface area contributed by atoms with Gasteiger partial charge in [0.05, 0.1) is 5.52 Å². The van der Waals surface area contributed by atoms with Gasteiger partial charge in [0, 0.05) is 30.4 Å². The molecule has 0 amide bonds. The standard InChI is InChI=1S/C24H28N2/c1-16-6-9-23-22(12-16)21-10-11-25(5)15-24(21)26(23)14-19(4)20-8-7-17(2)18(3)13-20/h6-9,12-14H,10-11,15H2,1-5H3/b19-14+. The Labute approximate surface area is 156 Å². The van der Waals surface area contributed by atoms with E-state index in [0.29, 0.717) is 0 Å². The molecule has 134 valence electrons. The van der Waals surface area contributed by atoms with E-state index in [1.807, 2.05) is 0 Å². The summed E-state index contributed by atoms with van der Waals surface area (Å²) in [5.41, 5.74) is 11.0. The Bertz CT molecular complexity index is 1020. The number of hydrogen-bond donors (Lipinski definition) is 0. The Morgan fingerprint density at radius 2 is 1.81 bits per heavy atom. The summed E-state index contributed by atoms with van der Waals surface area (Å²) in [5.74, 6) is 0. The molecule has 0 unspecified atom stereocenters. The average molecular weight is 345 g/mol. The fourth-order valence-corrected chi connectivity index (χ4v) is 4.04. The summed E-state index contributed by atoms with van der Waals surface area (Å²) in [4.78, 5) is 2.42. The number of nitrogens with zero attached hydrogens (tertiary/aromatic N) is 2. The number of aromatic nitrogens is 1. The second kappa shape index (κ2) is 6.44. The summed E-state index contributed by atoms with van der Waals surface area (Å²) in [6, 6.07) is 13.6. The number of benzene rings is 2. The molecule has 0 atom stereocenters. The van der Waals surface area contributed by atoms with Crippen LogP contribution in [0.2, 0.25) is 0 Å². The molecule has 0 fully saturated rings. The molecule has 1 aliphatic heterocycles. The van der Waals surface area contributed by atoms with Crippen molar-refractivity contribution in [1.29, 1.82) is 0 Å². The number of fused-ring (bicyclic) bond motifs is 3. The summed E-state index contributed by atoms with van der Waals surface area (Å²) in [6.07, 6.45) is 3.47. The molecule has 0 bridgehead atoms. The molecule has 2 heterocycles. The summed E-state index contributed by atoms with van der Waals surface area (Å²) in [7, 11) is 2.22. The van der Waals surface area contributed by atoms with Gasteiger partial charge in [-0.25, -0.2) is 0 Å². The van der Waals surface area contributed by atoms with Gasteiger partial charge in [-0.2, -0.15) is 0 Å². The van der Waals surface area contributed by atoms with Crippen LogP contribution >= 0.6 is 0 Å². The zero-order valence-corrected chi connectivity index (χ0v) is 16.6. The quantitative estimate of drug-likeness (QED) is 0.590. The van der Waals surface area contributed by atoms with Crippen molar-refractivity contribution in [2.45, 2.75) is 40.7 Å². The van der Waals surface area contributed by atoms with Gasteiger partial charge in [0.2, 0.25) is 0 Å². The van der Waals surface area contributed by atoms with E-state index < -0.39 is 0 Å². The van der Waals surface area contributed by atoms with Crippen molar-refractivity contribution in [3.05, 3.63) is 69.9 Å². The molecule has 0 spiro atoms. The van der Waals surface area contributed by atoms with Gasteiger partial charge in [0.15, 0.2) is 0 Å². The van der Waals surface area contributed by atoms with E-state index in [-0.39, 0.29) is 0 Å². The van der Waals surface area contributed by atoms with E-state index in [2.05, 4.69) is 86.8 Å². The molecule has 2 aromatic carbocycles. The highest BCUT2D eigenvalue weighted by molar-refractivity contribution is 5.90. The third-order valence-electron chi connectivity index (χ3n) is 5.82. The van der Waals surface area contributed by atoms with E-state index in [1.165, 1.54) is 50.0 Å². The number of aryl methyl sites for hydroxylation is 3. The van der Waals surface area contributed by atoms with Crippen molar-refractivity contribution in [3.8, 4) is 0 Å². The summed E-state index contributed by atoms with van der Waals surface area (Å²) in [5, 5.41) is 1.43. The van der Waals surface area contributed by atoms with Gasteiger partial charge >= 0.3 is 0 Å². The lowest BCUT2D eigenvalue weighted by Gasteiger charge is -2.24. The van der Waals surface area contributed by atoms with Gasteiger partial charge < -0.3 is 9.47 Å². The maximum absolute atomic E-state index is 2.43. The molecule has 0 saturated carbocycles. The van der Waals surface area contributed by atoms with Crippen LogP contribution in [0.25, 0.3) is 22.7 Å². The molecule has 26 heavy (non-hydrogen) atoms. The second-order valence-corrected chi connectivity index (χ2v) is 7.91. The Morgan fingerprint density at radius 1 is 1.00 bits per heavy atom. The molecule has 2 nitrogen and oxygen atoms in total. The SMILES string of the molecule is C/C(=C\n1c2c(c3cc(C)ccc31)CCN(C)C2)c1ccc(C)c(C)c1. The zero-order chi connectivity index (χ0) is 18.4. The Morgan fingerprint density at radius 3 is 2.58 bits per heavy atom. The summed E-state index contributed by atoms with van der Waals surface area (Å²) < 4.78 is 2.43. The summed E-state index contributed by atoms with van der Waals surface area (Å²) >= 11 is 0. The highest BCUT2D eigenvalue weighted by Gasteiger charge is 2.21. The van der Waals surface area contributed by atoms with Crippen LogP contribution in [-0.4, -0.2) is 23.1 Å². The van der Waals surface area contributed by atoms with Crippen molar-refractivity contribution < 1.29 is 0 Å². The average Bonchev–Trinajstić information content (AvgIpc) is 2.89. The molecule has 1 aromatic heterocycles. The first kappa shape index (κ1) is 17.1. The highest BCUT2D eigenvalue weighted by Crippen LogP contribution is 2.32. The van der Waals surface area contributed by atoms with Crippen molar-refractivity contribution in [3.63, 3.8) is 0 Å². The fraction of sp³-hybridized carbons (Fsp3) is 0.333. The van der Waals surface area contributed by atoms with E-state index in [1.54, 1.807) is 0 Å². The number of hydrogen-bond acceptors (Lipinski definition) is 1. The monoisotopic (exact) mass is 344 g/mol. The Balaban J connectivity index is 1.90. The van der Waals surface area contributed by atoms with Gasteiger partial charge in [0.1, 0.15) is 0 Å². The minimum absolute atomic E-state index is 1.01. The van der Waals surface area contributed by atoms with Crippen molar-refractivity contribution in [1.82, 2.24) is 9.47 Å². The van der Waals surface area contributed by atoms with Gasteiger partial charge in [-0.05, 0) is 81.1 Å². The van der Waals surface area contributed by atoms with Crippen LogP contribution in [-0.2, 0) is 13.0 Å². The third-order valence-corrected chi connectivity index (χ3v) is 5.82. The minimum atomic E-state index is 1.01. The van der Waals surface area contributed by atoms with E-state index in [4.69, 9.17) is 0 Å². The van der Waals surface area contributed by atoms with Crippen molar-refractivity contribution >= 4 is 22.7 Å². The van der Waals surface area contributed by atoms with Gasteiger partial charge in [-0.3, -0.25) is 0 Å². The topological polar surface area (TPSA) is 8.17 Å². The lowest BCUT2D eigenvalue weighted by atomic mass is 10.0. The minimum Gasteiger partial charge on any atom is -0.318 e. The first-order chi connectivity index (χ1) is 12.4. The highest BCUT2D eigenvalue weighted by atomic mass is 15.1. The number of rotatable bonds is 2. The normalized spacial score (nSPS) is 15.5. The molecule has 0 saturated heterocycles. The first-order valence-corrected chi connectivity index (χ1v) is 9.51. The van der Waals surface area contributed by atoms with Crippen molar-refractivity contribution in [2.75, 3.05) is 13.6 Å². The molecule has 3 aromatic rings. The molecule has 0 radical (unpaired) electrons. The molecular formula is C24H28N2. The maximum atomic E-state index is 2.43. The molecule has 0 N–H and O–H groups in total. The lowest BCUT2D eigenvalue weighted by molar-refractivity contribution is 0.308. The molecule has 0 aliphatic carbocycles. The van der Waals surface area contributed by atoms with E-state index in [0.717, 1.165) is 19.5 Å². The number of likely N-dealkylation sites (N-methyl/N-ethyl adjacent to an activating group) is 1. The van der Waals surface area contributed by atoms with E-state index >= 15 is 0 Å². The van der Waals surface area contributed by atoms with Crippen LogP contribution in [0.3, 0.4) is 0 Å². The molecule has 1 aliphatic rings. The van der Waals surface area contributed by atoms with Crippen LogP contribution in [0.1, 0.15) is 40.4 Å². The Kier molecular flexibility index (Phi) is 4.24. The van der Waals surface area contributed by atoms with Crippen LogP contribution in [0, 0.1) is 20.8 Å². The second-order valence-electron chi connectivity index (χ2n) is 7.91. The van der Waals surface area contributed by atoms with Gasteiger partial charge in [-0.1, -0.05) is 29.8 Å². The Hall–Kier alpha value is -2.32. The first-order valence-electron chi connectivity index (χ1n) is 9.51. The summed E-state index contributed by atoms with van der Waals surface area (Å²) in [6.45, 7) is 10.9.